The lowest BCUT2D eigenvalue weighted by Crippen LogP contribution is -2.41. The van der Waals surface area contributed by atoms with Crippen LogP contribution in [-0.2, 0) is 0 Å². The van der Waals surface area contributed by atoms with Crippen LogP contribution in [0.4, 0.5) is 5.69 Å². The second kappa shape index (κ2) is 6.32. The van der Waals surface area contributed by atoms with Crippen molar-refractivity contribution in [1.29, 1.82) is 0 Å². The van der Waals surface area contributed by atoms with E-state index in [4.69, 9.17) is 0 Å². The number of hydrogen-bond donors (Lipinski definition) is 1. The number of hydrogen-bond acceptors (Lipinski definition) is 4. The van der Waals surface area contributed by atoms with Crippen LogP contribution < -0.4 is 5.32 Å². The highest BCUT2D eigenvalue weighted by Crippen LogP contribution is 2.27. The van der Waals surface area contributed by atoms with Gasteiger partial charge in [0.15, 0.2) is 0 Å². The molecule has 1 unspecified atom stereocenters. The molecule has 108 valence electrons. The average Bonchev–Trinajstić information content (AvgIpc) is 2.87. The molecule has 1 aliphatic rings. The van der Waals surface area contributed by atoms with Gasteiger partial charge in [-0.3, -0.25) is 14.9 Å². The van der Waals surface area contributed by atoms with Crippen LogP contribution in [0.5, 0.6) is 0 Å². The number of nitrogens with zero attached hydrogens (tertiary/aromatic N) is 2. The minimum atomic E-state index is -0.488. The standard InChI is InChI=1S/C13H16BrN3O3/c1-15-8-10-3-2-6-16(10)13(18)11-7-9(17(19)20)4-5-12(11)14/h4-5,7,10,15H,2-3,6,8H2,1H3. The van der Waals surface area contributed by atoms with Gasteiger partial charge in [0, 0.05) is 35.7 Å². The summed E-state index contributed by atoms with van der Waals surface area (Å²) in [4.78, 5) is 24.7. The van der Waals surface area contributed by atoms with Gasteiger partial charge >= 0.3 is 0 Å². The summed E-state index contributed by atoms with van der Waals surface area (Å²) in [6, 6.07) is 4.42. The summed E-state index contributed by atoms with van der Waals surface area (Å²) in [6.45, 7) is 1.43. The Morgan fingerprint density at radius 2 is 2.35 bits per heavy atom. The molecule has 2 rings (SSSR count). The van der Waals surface area contributed by atoms with Gasteiger partial charge in [-0.15, -0.1) is 0 Å². The SMILES string of the molecule is CNCC1CCCN1C(=O)c1cc([N+](=O)[O-])ccc1Br. The lowest BCUT2D eigenvalue weighted by atomic mass is 10.1. The number of amides is 1. The molecule has 0 bridgehead atoms. The van der Waals surface area contributed by atoms with Crippen LogP contribution >= 0.6 is 15.9 Å². The van der Waals surface area contributed by atoms with Crippen LogP contribution in [0.2, 0.25) is 0 Å². The van der Waals surface area contributed by atoms with Crippen molar-refractivity contribution in [3.05, 3.63) is 38.3 Å². The van der Waals surface area contributed by atoms with Crippen molar-refractivity contribution in [3.63, 3.8) is 0 Å². The first kappa shape index (κ1) is 14.9. The van der Waals surface area contributed by atoms with E-state index in [1.807, 2.05) is 7.05 Å². The highest BCUT2D eigenvalue weighted by Gasteiger charge is 2.30. The van der Waals surface area contributed by atoms with E-state index in [0.717, 1.165) is 19.4 Å². The highest BCUT2D eigenvalue weighted by atomic mass is 79.9. The molecule has 0 aliphatic carbocycles. The van der Waals surface area contributed by atoms with E-state index in [9.17, 15) is 14.9 Å². The van der Waals surface area contributed by atoms with Crippen LogP contribution in [0.25, 0.3) is 0 Å². The molecule has 0 radical (unpaired) electrons. The Kier molecular flexibility index (Phi) is 4.72. The molecule has 1 aromatic carbocycles. The number of nitro benzene ring substituents is 1. The first-order valence-corrected chi connectivity index (χ1v) is 7.23. The van der Waals surface area contributed by atoms with Gasteiger partial charge in [-0.05, 0) is 41.9 Å². The van der Waals surface area contributed by atoms with E-state index in [1.165, 1.54) is 12.1 Å². The van der Waals surface area contributed by atoms with Crippen molar-refractivity contribution < 1.29 is 9.72 Å². The normalized spacial score (nSPS) is 18.3. The fourth-order valence-electron chi connectivity index (χ4n) is 2.50. The molecule has 7 heteroatoms. The third-order valence-electron chi connectivity index (χ3n) is 3.47. The molecule has 6 nitrogen and oxygen atoms in total. The second-order valence-electron chi connectivity index (χ2n) is 4.77. The molecule has 1 amide bonds. The van der Waals surface area contributed by atoms with E-state index in [2.05, 4.69) is 21.2 Å². The quantitative estimate of drug-likeness (QED) is 0.672. The zero-order valence-corrected chi connectivity index (χ0v) is 12.7. The predicted molar refractivity (Wildman–Crippen MR) is 78.8 cm³/mol. The second-order valence-corrected chi connectivity index (χ2v) is 5.63. The van der Waals surface area contributed by atoms with Gasteiger partial charge in [0.1, 0.15) is 0 Å². The Hall–Kier alpha value is -1.47. The molecule has 0 spiro atoms. The van der Waals surface area contributed by atoms with Gasteiger partial charge in [0.2, 0.25) is 0 Å². The summed E-state index contributed by atoms with van der Waals surface area (Å²) in [5, 5.41) is 13.9. The summed E-state index contributed by atoms with van der Waals surface area (Å²) in [5.74, 6) is -0.154. The fraction of sp³-hybridized carbons (Fsp3) is 0.462. The summed E-state index contributed by atoms with van der Waals surface area (Å²) >= 11 is 3.30. The van der Waals surface area contributed by atoms with Crippen LogP contribution in [0.1, 0.15) is 23.2 Å². The van der Waals surface area contributed by atoms with Gasteiger partial charge in [-0.2, -0.15) is 0 Å². The number of carbonyl (C=O) groups is 1. The van der Waals surface area contributed by atoms with Crippen LogP contribution in [0, 0.1) is 10.1 Å². The molecular weight excluding hydrogens is 326 g/mol. The number of nitrogens with one attached hydrogen (secondary N) is 1. The molecule has 1 saturated heterocycles. The summed E-state index contributed by atoms with van der Waals surface area (Å²) in [7, 11) is 1.85. The van der Waals surface area contributed by atoms with Crippen molar-refractivity contribution in [2.75, 3.05) is 20.1 Å². The maximum Gasteiger partial charge on any atom is 0.270 e. The molecule has 0 saturated carbocycles. The zero-order valence-electron chi connectivity index (χ0n) is 11.1. The number of nitro groups is 1. The molecule has 1 aromatic rings. The lowest BCUT2D eigenvalue weighted by molar-refractivity contribution is -0.384. The van der Waals surface area contributed by atoms with Gasteiger partial charge < -0.3 is 10.2 Å². The van der Waals surface area contributed by atoms with E-state index < -0.39 is 4.92 Å². The highest BCUT2D eigenvalue weighted by molar-refractivity contribution is 9.10. The number of non-ortho nitro benzene ring substituents is 1. The third kappa shape index (κ3) is 2.99. The number of likely N-dealkylation sites (tertiary alicyclic amines) is 1. The fourth-order valence-corrected chi connectivity index (χ4v) is 2.91. The third-order valence-corrected chi connectivity index (χ3v) is 4.16. The number of benzene rings is 1. The summed E-state index contributed by atoms with van der Waals surface area (Å²) in [5.41, 5.74) is 0.281. The molecule has 1 aliphatic heterocycles. The van der Waals surface area contributed by atoms with Crippen LogP contribution in [-0.4, -0.2) is 41.9 Å². The zero-order chi connectivity index (χ0) is 14.7. The Bertz CT molecular complexity index is 536. The van der Waals surface area contributed by atoms with Crippen molar-refractivity contribution in [3.8, 4) is 0 Å². The number of carbonyl (C=O) groups excluding carboxylic acids is 1. The number of likely N-dealkylation sites (N-methyl/N-ethyl adjacent to an activating group) is 1. The molecule has 1 heterocycles. The van der Waals surface area contributed by atoms with Crippen molar-refractivity contribution in [1.82, 2.24) is 10.2 Å². The molecule has 0 aromatic heterocycles. The smallest absolute Gasteiger partial charge is 0.270 e. The first-order valence-electron chi connectivity index (χ1n) is 6.44. The van der Waals surface area contributed by atoms with Crippen molar-refractivity contribution in [2.24, 2.45) is 0 Å². The van der Waals surface area contributed by atoms with Crippen molar-refractivity contribution in [2.45, 2.75) is 18.9 Å². The molecule has 1 N–H and O–H groups in total. The van der Waals surface area contributed by atoms with Crippen LogP contribution in [0.15, 0.2) is 22.7 Å². The van der Waals surface area contributed by atoms with Gasteiger partial charge in [0.25, 0.3) is 11.6 Å². The summed E-state index contributed by atoms with van der Waals surface area (Å²) in [6.07, 6.45) is 1.92. The largest absolute Gasteiger partial charge is 0.334 e. The Morgan fingerprint density at radius 1 is 1.60 bits per heavy atom. The van der Waals surface area contributed by atoms with Gasteiger partial charge in [0.05, 0.1) is 10.5 Å². The van der Waals surface area contributed by atoms with E-state index >= 15 is 0 Å². The predicted octanol–water partition coefficient (Wildman–Crippen LogP) is 2.18. The molecular formula is C13H16BrN3O3. The van der Waals surface area contributed by atoms with Gasteiger partial charge in [-0.1, -0.05) is 0 Å². The number of halogens is 1. The Morgan fingerprint density at radius 3 is 3.00 bits per heavy atom. The number of rotatable bonds is 4. The average molecular weight is 342 g/mol. The van der Waals surface area contributed by atoms with Crippen LogP contribution in [0.3, 0.4) is 0 Å². The maximum absolute atomic E-state index is 12.6. The monoisotopic (exact) mass is 341 g/mol. The molecule has 1 fully saturated rings. The topological polar surface area (TPSA) is 75.5 Å². The maximum atomic E-state index is 12.6. The lowest BCUT2D eigenvalue weighted by Gasteiger charge is -2.25. The first-order chi connectivity index (χ1) is 9.54. The van der Waals surface area contributed by atoms with E-state index in [1.54, 1.807) is 11.0 Å². The molecule has 1 atom stereocenters. The molecule has 20 heavy (non-hydrogen) atoms. The minimum Gasteiger partial charge on any atom is -0.334 e. The van der Waals surface area contributed by atoms with E-state index in [-0.39, 0.29) is 17.6 Å². The minimum absolute atomic E-state index is 0.0686. The summed E-state index contributed by atoms with van der Waals surface area (Å²) < 4.78 is 0.586. The Labute approximate surface area is 125 Å². The van der Waals surface area contributed by atoms with Crippen molar-refractivity contribution >= 4 is 27.5 Å². The Balaban J connectivity index is 2.28. The van der Waals surface area contributed by atoms with E-state index in [0.29, 0.717) is 16.6 Å². The van der Waals surface area contributed by atoms with Gasteiger partial charge in [-0.25, -0.2) is 0 Å².